The van der Waals surface area contributed by atoms with Gasteiger partial charge in [-0.2, -0.15) is 0 Å². The number of anilines is 1. The molecule has 0 amide bonds. The zero-order valence-corrected chi connectivity index (χ0v) is 13.1. The molecule has 1 aromatic carbocycles. The van der Waals surface area contributed by atoms with Crippen molar-refractivity contribution in [2.45, 2.75) is 32.2 Å². The normalized spacial score (nSPS) is 16.8. The average molecular weight is 332 g/mol. The number of nitrogen functional groups attached to an aromatic ring is 1. The van der Waals surface area contributed by atoms with Gasteiger partial charge in [0.25, 0.3) is 5.69 Å². The molecule has 1 fully saturated rings. The summed E-state index contributed by atoms with van der Waals surface area (Å²) in [6.07, 6.45) is 2.65. The molecule has 1 aliphatic rings. The van der Waals surface area contributed by atoms with Gasteiger partial charge in [-0.05, 0) is 37.6 Å². The fourth-order valence-electron chi connectivity index (χ4n) is 2.45. The van der Waals surface area contributed by atoms with Crippen LogP contribution in [-0.2, 0) is 11.3 Å². The van der Waals surface area contributed by atoms with E-state index in [2.05, 4.69) is 4.90 Å². The Bertz CT molecular complexity index is 495. The summed E-state index contributed by atoms with van der Waals surface area (Å²) in [7, 11) is 0. The number of hydrogen-bond acceptors (Lipinski definition) is 6. The van der Waals surface area contributed by atoms with E-state index in [9.17, 15) is 15.2 Å². The summed E-state index contributed by atoms with van der Waals surface area (Å²) >= 11 is 0. The molecule has 2 rings (SSSR count). The third-order valence-electron chi connectivity index (χ3n) is 3.60. The van der Waals surface area contributed by atoms with Crippen LogP contribution in [0.3, 0.4) is 0 Å². The number of aliphatic hydroxyl groups is 1. The molecule has 1 atom stereocenters. The number of nitrogens with zero attached hydrogens (tertiary/aromatic N) is 2. The Kier molecular flexibility index (Phi) is 7.53. The topological polar surface area (TPSA) is 102 Å². The van der Waals surface area contributed by atoms with Crippen LogP contribution in [-0.4, -0.2) is 40.9 Å². The number of nitrogens with two attached hydrogens (primary N) is 1. The van der Waals surface area contributed by atoms with Crippen molar-refractivity contribution in [3.8, 4) is 0 Å². The second kappa shape index (κ2) is 8.89. The van der Waals surface area contributed by atoms with Crippen LogP contribution in [0.15, 0.2) is 18.2 Å². The highest BCUT2D eigenvalue weighted by atomic mass is 35.5. The van der Waals surface area contributed by atoms with Crippen LogP contribution in [0.5, 0.6) is 0 Å². The van der Waals surface area contributed by atoms with Gasteiger partial charge < -0.3 is 15.6 Å². The van der Waals surface area contributed by atoms with E-state index in [-0.39, 0.29) is 30.4 Å². The molecule has 22 heavy (non-hydrogen) atoms. The summed E-state index contributed by atoms with van der Waals surface area (Å²) in [6, 6.07) is 4.52. The van der Waals surface area contributed by atoms with Gasteiger partial charge >= 0.3 is 0 Å². The highest BCUT2D eigenvalue weighted by Gasteiger charge is 2.16. The molecule has 124 valence electrons. The van der Waals surface area contributed by atoms with Crippen molar-refractivity contribution >= 4 is 23.8 Å². The van der Waals surface area contributed by atoms with Crippen LogP contribution in [0.25, 0.3) is 0 Å². The molecule has 0 aromatic heterocycles. The van der Waals surface area contributed by atoms with E-state index >= 15 is 0 Å². The highest BCUT2D eigenvalue weighted by molar-refractivity contribution is 5.85. The molecule has 0 radical (unpaired) electrons. The predicted molar refractivity (Wildman–Crippen MR) is 85.8 cm³/mol. The summed E-state index contributed by atoms with van der Waals surface area (Å²) in [5.41, 5.74) is 6.14. The lowest BCUT2D eigenvalue weighted by Crippen LogP contribution is -2.37. The Hall–Kier alpha value is -1.41. The van der Waals surface area contributed by atoms with Crippen LogP contribution in [0.1, 0.15) is 24.8 Å². The Morgan fingerprint density at radius 2 is 2.05 bits per heavy atom. The molecule has 1 saturated heterocycles. The number of β-amino-alcohol motifs (C(OH)–C–C–N with tert-alkyl or cyclic N) is 1. The summed E-state index contributed by atoms with van der Waals surface area (Å²) in [4.78, 5) is 12.4. The quantitative estimate of drug-likeness (QED) is 0.357. The number of hydrogen-bond donors (Lipinski definition) is 2. The highest BCUT2D eigenvalue weighted by Crippen LogP contribution is 2.22. The first kappa shape index (κ1) is 18.6. The van der Waals surface area contributed by atoms with Crippen molar-refractivity contribution in [1.29, 1.82) is 0 Å². The van der Waals surface area contributed by atoms with Gasteiger partial charge in [0.2, 0.25) is 0 Å². The van der Waals surface area contributed by atoms with Crippen LogP contribution >= 0.6 is 12.4 Å². The molecular weight excluding hydrogens is 310 g/mol. The first-order chi connectivity index (χ1) is 10.1. The fourth-order valence-corrected chi connectivity index (χ4v) is 2.45. The van der Waals surface area contributed by atoms with Gasteiger partial charge in [-0.3, -0.25) is 15.0 Å². The largest absolute Gasteiger partial charge is 0.393 e. The second-order valence-electron chi connectivity index (χ2n) is 5.28. The number of nitro groups is 1. The maximum Gasteiger partial charge on any atom is 0.292 e. The van der Waals surface area contributed by atoms with Crippen molar-refractivity contribution in [2.24, 2.45) is 0 Å². The second-order valence-corrected chi connectivity index (χ2v) is 5.28. The number of ether oxygens (including phenoxy) is 1. The van der Waals surface area contributed by atoms with Crippen LogP contribution < -0.4 is 5.73 Å². The van der Waals surface area contributed by atoms with E-state index in [0.717, 1.165) is 25.9 Å². The lowest BCUT2D eigenvalue weighted by atomic mass is 10.1. The van der Waals surface area contributed by atoms with Crippen LogP contribution in [0.4, 0.5) is 11.4 Å². The molecule has 0 aliphatic carbocycles. The summed E-state index contributed by atoms with van der Waals surface area (Å²) in [6.45, 7) is 2.55. The Morgan fingerprint density at radius 1 is 1.36 bits per heavy atom. The van der Waals surface area contributed by atoms with E-state index in [0.29, 0.717) is 12.1 Å². The number of rotatable bonds is 6. The molecule has 1 unspecified atom stereocenters. The van der Waals surface area contributed by atoms with Gasteiger partial charge in [0, 0.05) is 12.6 Å². The third-order valence-corrected chi connectivity index (χ3v) is 3.60. The van der Waals surface area contributed by atoms with Gasteiger partial charge in [0.15, 0.2) is 6.29 Å². The van der Waals surface area contributed by atoms with Gasteiger partial charge in [0.1, 0.15) is 5.69 Å². The fraction of sp³-hybridized carbons (Fsp3) is 0.571. The Morgan fingerprint density at radius 3 is 2.68 bits per heavy atom. The lowest BCUT2D eigenvalue weighted by molar-refractivity contribution is -0.384. The monoisotopic (exact) mass is 331 g/mol. The average Bonchev–Trinajstić information content (AvgIpc) is 2.47. The van der Waals surface area contributed by atoms with E-state index in [1.165, 1.54) is 18.6 Å². The van der Waals surface area contributed by atoms with Crippen molar-refractivity contribution in [1.82, 2.24) is 4.90 Å². The number of likely N-dealkylation sites (tertiary alicyclic amines) is 1. The van der Waals surface area contributed by atoms with Crippen molar-refractivity contribution in [2.75, 3.05) is 25.4 Å². The number of piperidine rings is 1. The number of halogens is 1. The number of benzene rings is 1. The molecule has 8 heteroatoms. The molecule has 1 aromatic rings. The zero-order valence-electron chi connectivity index (χ0n) is 12.3. The smallest absolute Gasteiger partial charge is 0.292 e. The number of nitro benzene ring substituents is 1. The van der Waals surface area contributed by atoms with E-state index in [4.69, 9.17) is 10.5 Å². The standard InChI is InChI=1S/C14H21N3O4.ClH/c15-12-5-4-11(8-13(12)17(19)20)10-21-14(18)9-16-6-2-1-3-7-16;/h4-5,8,14,18H,1-3,6-7,9-10,15H2;1H. The summed E-state index contributed by atoms with van der Waals surface area (Å²) < 4.78 is 5.36. The molecular formula is C14H22ClN3O4. The lowest BCUT2D eigenvalue weighted by Gasteiger charge is -2.28. The summed E-state index contributed by atoms with van der Waals surface area (Å²) in [5.74, 6) is 0. The Balaban J connectivity index is 0.00000242. The molecule has 7 nitrogen and oxygen atoms in total. The van der Waals surface area contributed by atoms with Gasteiger partial charge in [-0.1, -0.05) is 12.5 Å². The minimum Gasteiger partial charge on any atom is -0.393 e. The minimum atomic E-state index is -0.889. The SMILES string of the molecule is Cl.Nc1ccc(COC(O)CN2CCCCC2)cc1[N+](=O)[O-]. The molecule has 0 spiro atoms. The Labute approximate surface area is 135 Å². The zero-order chi connectivity index (χ0) is 15.2. The maximum absolute atomic E-state index is 10.8. The van der Waals surface area contributed by atoms with E-state index in [1.807, 2.05) is 0 Å². The molecule has 1 aliphatic heterocycles. The molecule has 0 bridgehead atoms. The maximum atomic E-state index is 10.8. The van der Waals surface area contributed by atoms with Crippen LogP contribution in [0, 0.1) is 10.1 Å². The molecule has 1 heterocycles. The summed E-state index contributed by atoms with van der Waals surface area (Å²) in [5, 5.41) is 20.7. The molecule has 0 saturated carbocycles. The third kappa shape index (κ3) is 5.42. The van der Waals surface area contributed by atoms with Crippen molar-refractivity contribution in [3.05, 3.63) is 33.9 Å². The van der Waals surface area contributed by atoms with E-state index in [1.54, 1.807) is 6.07 Å². The minimum absolute atomic E-state index is 0. The van der Waals surface area contributed by atoms with Crippen molar-refractivity contribution in [3.63, 3.8) is 0 Å². The van der Waals surface area contributed by atoms with E-state index < -0.39 is 11.2 Å². The van der Waals surface area contributed by atoms with Gasteiger partial charge in [-0.15, -0.1) is 12.4 Å². The molecule has 3 N–H and O–H groups in total. The predicted octanol–water partition coefficient (Wildman–Crippen LogP) is 1.92. The van der Waals surface area contributed by atoms with Gasteiger partial charge in [-0.25, -0.2) is 0 Å². The first-order valence-corrected chi connectivity index (χ1v) is 7.11. The van der Waals surface area contributed by atoms with Crippen molar-refractivity contribution < 1.29 is 14.8 Å². The van der Waals surface area contributed by atoms with Gasteiger partial charge in [0.05, 0.1) is 11.5 Å². The van der Waals surface area contributed by atoms with Crippen LogP contribution in [0.2, 0.25) is 0 Å². The first-order valence-electron chi connectivity index (χ1n) is 7.11. The number of aliphatic hydroxyl groups excluding tert-OH is 1.